The maximum atomic E-state index is 12.4. The third kappa shape index (κ3) is 5.71. The van der Waals surface area contributed by atoms with Crippen molar-refractivity contribution in [2.45, 2.75) is 19.8 Å². The number of carbonyl (C=O) groups is 2. The molecule has 7 heteroatoms. The van der Waals surface area contributed by atoms with E-state index < -0.39 is 0 Å². The van der Waals surface area contributed by atoms with Gasteiger partial charge in [0.2, 0.25) is 5.91 Å². The summed E-state index contributed by atoms with van der Waals surface area (Å²) < 4.78 is 11.8. The summed E-state index contributed by atoms with van der Waals surface area (Å²) in [7, 11) is 3.22. The number of Topliss-reactive ketones (excluding diaryl/α,β-unsaturated/α-hetero) is 1. The van der Waals surface area contributed by atoms with Crippen molar-refractivity contribution in [3.8, 4) is 11.5 Å². The van der Waals surface area contributed by atoms with Gasteiger partial charge in [0.1, 0.15) is 0 Å². The third-order valence-electron chi connectivity index (χ3n) is 4.01. The van der Waals surface area contributed by atoms with Crippen LogP contribution in [0.5, 0.6) is 11.5 Å². The Morgan fingerprint density at radius 1 is 1.15 bits per heavy atom. The highest BCUT2D eigenvalue weighted by Gasteiger charge is 2.14. The zero-order valence-electron chi connectivity index (χ0n) is 15.4. The molecule has 5 nitrogen and oxygen atoms in total. The van der Waals surface area contributed by atoms with Crippen molar-refractivity contribution < 1.29 is 19.1 Å². The number of methoxy groups -OCH3 is 1. The molecule has 0 fully saturated rings. The molecule has 2 rings (SSSR count). The van der Waals surface area contributed by atoms with E-state index in [0.717, 1.165) is 4.47 Å². The van der Waals surface area contributed by atoms with Crippen LogP contribution in [0.25, 0.3) is 0 Å². The van der Waals surface area contributed by atoms with Crippen molar-refractivity contribution >= 4 is 44.9 Å². The Kier molecular flexibility index (Phi) is 7.68. The molecule has 0 aromatic heterocycles. The van der Waals surface area contributed by atoms with Crippen LogP contribution < -0.4 is 14.4 Å². The highest BCUT2D eigenvalue weighted by atomic mass is 79.9. The molecular formula is C20H21BrClNO4. The standard InChI is InChI=1S/C20H21BrClNO4/c1-13(24)14-6-9-18(19(11-14)26-3)27-10-4-5-20(25)23(2)17-8-7-15(21)12-16(17)22/h6-9,11-12H,4-5,10H2,1-3H3. The lowest BCUT2D eigenvalue weighted by molar-refractivity contribution is -0.118. The van der Waals surface area contributed by atoms with Gasteiger partial charge in [-0.3, -0.25) is 9.59 Å². The van der Waals surface area contributed by atoms with E-state index in [9.17, 15) is 9.59 Å². The number of benzene rings is 2. The van der Waals surface area contributed by atoms with Gasteiger partial charge in [-0.1, -0.05) is 27.5 Å². The molecule has 0 aliphatic rings. The van der Waals surface area contributed by atoms with Crippen molar-refractivity contribution in [3.05, 3.63) is 51.5 Å². The smallest absolute Gasteiger partial charge is 0.226 e. The summed E-state index contributed by atoms with van der Waals surface area (Å²) in [5.74, 6) is 0.939. The quantitative estimate of drug-likeness (QED) is 0.409. The fraction of sp³-hybridized carbons (Fsp3) is 0.300. The lowest BCUT2D eigenvalue weighted by atomic mass is 10.1. The number of amides is 1. The second-order valence-electron chi connectivity index (χ2n) is 5.92. The number of ether oxygens (including phenoxy) is 2. The summed E-state index contributed by atoms with van der Waals surface area (Å²) in [5, 5.41) is 0.506. The number of nitrogens with zero attached hydrogens (tertiary/aromatic N) is 1. The molecular weight excluding hydrogens is 434 g/mol. The van der Waals surface area contributed by atoms with Crippen LogP contribution in [0.4, 0.5) is 5.69 Å². The van der Waals surface area contributed by atoms with Gasteiger partial charge in [-0.2, -0.15) is 0 Å². The highest BCUT2D eigenvalue weighted by Crippen LogP contribution is 2.30. The number of carbonyl (C=O) groups excluding carboxylic acids is 2. The molecule has 0 saturated heterocycles. The van der Waals surface area contributed by atoms with E-state index in [1.807, 2.05) is 6.07 Å². The fourth-order valence-corrected chi connectivity index (χ4v) is 3.27. The minimum absolute atomic E-state index is 0.0416. The number of hydrogen-bond donors (Lipinski definition) is 0. The zero-order valence-corrected chi connectivity index (χ0v) is 17.8. The number of ketones is 1. The molecule has 0 radical (unpaired) electrons. The predicted molar refractivity (Wildman–Crippen MR) is 110 cm³/mol. The molecule has 2 aromatic rings. The van der Waals surface area contributed by atoms with Crippen molar-refractivity contribution in [1.29, 1.82) is 0 Å². The average Bonchev–Trinajstić information content (AvgIpc) is 2.64. The van der Waals surface area contributed by atoms with Crippen LogP contribution in [0.1, 0.15) is 30.1 Å². The van der Waals surface area contributed by atoms with Gasteiger partial charge in [-0.15, -0.1) is 0 Å². The van der Waals surface area contributed by atoms with Crippen LogP contribution in [0.2, 0.25) is 5.02 Å². The normalized spacial score (nSPS) is 10.4. The fourth-order valence-electron chi connectivity index (χ4n) is 2.47. The number of hydrogen-bond acceptors (Lipinski definition) is 4. The molecule has 2 aromatic carbocycles. The van der Waals surface area contributed by atoms with Gasteiger partial charge < -0.3 is 14.4 Å². The van der Waals surface area contributed by atoms with Gasteiger partial charge in [0.05, 0.1) is 24.4 Å². The van der Waals surface area contributed by atoms with E-state index in [2.05, 4.69) is 15.9 Å². The molecule has 1 amide bonds. The maximum absolute atomic E-state index is 12.4. The summed E-state index contributed by atoms with van der Waals surface area (Å²) in [6, 6.07) is 10.4. The number of halogens is 2. The summed E-state index contributed by atoms with van der Waals surface area (Å²) in [5.41, 5.74) is 1.22. The van der Waals surface area contributed by atoms with Crippen LogP contribution in [0.3, 0.4) is 0 Å². The zero-order chi connectivity index (χ0) is 20.0. The molecule has 27 heavy (non-hydrogen) atoms. The minimum Gasteiger partial charge on any atom is -0.493 e. The summed E-state index contributed by atoms with van der Waals surface area (Å²) in [6.45, 7) is 1.85. The molecule has 0 unspecified atom stereocenters. The Balaban J connectivity index is 1.89. The Morgan fingerprint density at radius 2 is 1.89 bits per heavy atom. The van der Waals surface area contributed by atoms with Crippen molar-refractivity contribution in [2.75, 3.05) is 25.7 Å². The van der Waals surface area contributed by atoms with Crippen molar-refractivity contribution in [1.82, 2.24) is 0 Å². The molecule has 0 aliphatic carbocycles. The van der Waals surface area contributed by atoms with Crippen LogP contribution in [-0.2, 0) is 4.79 Å². The van der Waals surface area contributed by atoms with Crippen LogP contribution >= 0.6 is 27.5 Å². The highest BCUT2D eigenvalue weighted by molar-refractivity contribution is 9.10. The van der Waals surface area contributed by atoms with Crippen molar-refractivity contribution in [2.24, 2.45) is 0 Å². The maximum Gasteiger partial charge on any atom is 0.226 e. The molecule has 0 atom stereocenters. The van der Waals surface area contributed by atoms with Gasteiger partial charge in [-0.05, 0) is 49.7 Å². The first kappa shape index (κ1) is 21.3. The predicted octanol–water partition coefficient (Wildman–Crippen LogP) is 5.14. The van der Waals surface area contributed by atoms with Gasteiger partial charge >= 0.3 is 0 Å². The first-order valence-electron chi connectivity index (χ1n) is 8.37. The summed E-state index contributed by atoms with van der Waals surface area (Å²) >= 11 is 9.54. The number of anilines is 1. The lowest BCUT2D eigenvalue weighted by Gasteiger charge is -2.19. The van der Waals surface area contributed by atoms with E-state index in [-0.39, 0.29) is 11.7 Å². The van der Waals surface area contributed by atoms with Gasteiger partial charge in [0, 0.05) is 23.5 Å². The minimum atomic E-state index is -0.0540. The monoisotopic (exact) mass is 453 g/mol. The van der Waals surface area contributed by atoms with E-state index in [4.69, 9.17) is 21.1 Å². The molecule has 144 valence electrons. The van der Waals surface area contributed by atoms with Gasteiger partial charge in [-0.25, -0.2) is 0 Å². The van der Waals surface area contributed by atoms with E-state index in [0.29, 0.717) is 47.2 Å². The molecule has 0 saturated carbocycles. The van der Waals surface area contributed by atoms with Crippen LogP contribution in [0, 0.1) is 0 Å². The molecule has 0 bridgehead atoms. The SMILES string of the molecule is COc1cc(C(C)=O)ccc1OCCCC(=O)N(C)c1ccc(Br)cc1Cl. The number of rotatable bonds is 8. The van der Waals surface area contributed by atoms with Gasteiger partial charge in [0.25, 0.3) is 0 Å². The lowest BCUT2D eigenvalue weighted by Crippen LogP contribution is -2.26. The summed E-state index contributed by atoms with van der Waals surface area (Å²) in [4.78, 5) is 25.3. The van der Waals surface area contributed by atoms with E-state index in [1.54, 1.807) is 37.4 Å². The third-order valence-corrected chi connectivity index (χ3v) is 4.80. The van der Waals surface area contributed by atoms with Gasteiger partial charge in [0.15, 0.2) is 17.3 Å². The first-order valence-corrected chi connectivity index (χ1v) is 9.54. The Labute approximate surface area is 172 Å². The molecule has 0 N–H and O–H groups in total. The Bertz CT molecular complexity index is 841. The average molecular weight is 455 g/mol. The molecule has 0 heterocycles. The largest absolute Gasteiger partial charge is 0.493 e. The van der Waals surface area contributed by atoms with E-state index in [1.165, 1.54) is 18.9 Å². The summed E-state index contributed by atoms with van der Waals surface area (Å²) in [6.07, 6.45) is 0.853. The Hall–Kier alpha value is -2.05. The Morgan fingerprint density at radius 3 is 2.52 bits per heavy atom. The van der Waals surface area contributed by atoms with Crippen molar-refractivity contribution in [3.63, 3.8) is 0 Å². The molecule has 0 spiro atoms. The topological polar surface area (TPSA) is 55.8 Å². The second kappa shape index (κ2) is 9.76. The second-order valence-corrected chi connectivity index (χ2v) is 7.25. The molecule has 0 aliphatic heterocycles. The van der Waals surface area contributed by atoms with Crippen LogP contribution in [0.15, 0.2) is 40.9 Å². The van der Waals surface area contributed by atoms with Crippen LogP contribution in [-0.4, -0.2) is 32.5 Å². The first-order chi connectivity index (χ1) is 12.8. The van der Waals surface area contributed by atoms with E-state index >= 15 is 0 Å².